The summed E-state index contributed by atoms with van der Waals surface area (Å²) in [5.74, 6) is -0.855. The third-order valence-corrected chi connectivity index (χ3v) is 1.20. The Morgan fingerprint density at radius 2 is 2.60 bits per heavy atom. The Kier molecular flexibility index (Phi) is 1.48. The molecule has 2 nitrogen and oxygen atoms in total. The van der Waals surface area contributed by atoms with Crippen molar-refractivity contribution >= 4 is 11.6 Å². The van der Waals surface area contributed by atoms with E-state index in [-0.39, 0.29) is 10.7 Å². The maximum atomic E-state index is 12.6. The van der Waals surface area contributed by atoms with Gasteiger partial charge in [0.05, 0.1) is 9.30 Å². The Bertz CT molecular complexity index is 302. The molecule has 0 fully saturated rings. The van der Waals surface area contributed by atoms with Crippen LogP contribution in [0.3, 0.4) is 0 Å². The van der Waals surface area contributed by atoms with Gasteiger partial charge in [0, 0.05) is 6.20 Å². The van der Waals surface area contributed by atoms with Crippen molar-refractivity contribution in [2.75, 3.05) is 0 Å². The highest BCUT2D eigenvalue weighted by molar-refractivity contribution is 6.29. The van der Waals surface area contributed by atoms with Crippen LogP contribution in [0.5, 0.6) is 0 Å². The van der Waals surface area contributed by atoms with Gasteiger partial charge in [0.25, 0.3) is 0 Å². The van der Waals surface area contributed by atoms with Gasteiger partial charge in [-0.3, -0.25) is 0 Å². The summed E-state index contributed by atoms with van der Waals surface area (Å²) in [6.07, 6.45) is 0.978. The quantitative estimate of drug-likeness (QED) is 0.635. The molecule has 0 spiro atoms. The molecule has 1 aromatic rings. The van der Waals surface area contributed by atoms with E-state index in [0.717, 1.165) is 12.3 Å². The number of rotatable bonds is 1. The molecular formula is C6H5ClFNO. The van der Waals surface area contributed by atoms with Gasteiger partial charge in [0.2, 0.25) is 0 Å². The lowest BCUT2D eigenvalue weighted by atomic mass is 10.3. The largest absolute Gasteiger partial charge is 0.392 e. The Balaban J connectivity index is 3.14. The SMILES string of the molecule is [2H]C([2H])(O)c1cnc(Cl)c(F)c1. The van der Waals surface area contributed by atoms with Crippen LogP contribution >= 0.6 is 11.6 Å². The van der Waals surface area contributed by atoms with Crippen LogP contribution in [0.25, 0.3) is 0 Å². The Morgan fingerprint density at radius 3 is 3.10 bits per heavy atom. The van der Waals surface area contributed by atoms with E-state index in [2.05, 4.69) is 4.98 Å². The Morgan fingerprint density at radius 1 is 1.90 bits per heavy atom. The normalized spacial score (nSPS) is 14.3. The Labute approximate surface area is 65.1 Å². The number of pyridine rings is 1. The second kappa shape index (κ2) is 2.94. The molecule has 0 aliphatic rings. The van der Waals surface area contributed by atoms with Gasteiger partial charge in [-0.05, 0) is 11.6 Å². The summed E-state index contributed by atoms with van der Waals surface area (Å²) in [6, 6.07) is 0.801. The van der Waals surface area contributed by atoms with Crippen molar-refractivity contribution < 1.29 is 12.2 Å². The van der Waals surface area contributed by atoms with Crippen LogP contribution in [0.15, 0.2) is 12.3 Å². The number of aliphatic hydroxyl groups is 1. The van der Waals surface area contributed by atoms with Gasteiger partial charge < -0.3 is 5.11 Å². The van der Waals surface area contributed by atoms with Crippen LogP contribution in [0, 0.1) is 5.82 Å². The highest BCUT2D eigenvalue weighted by Gasteiger charge is 2.00. The predicted molar refractivity (Wildman–Crippen MR) is 35.1 cm³/mol. The van der Waals surface area contributed by atoms with Gasteiger partial charge in [0.15, 0.2) is 11.0 Å². The minimum absolute atomic E-state index is 0.260. The fourth-order valence-electron chi connectivity index (χ4n) is 0.482. The van der Waals surface area contributed by atoms with E-state index in [0.29, 0.717) is 0 Å². The lowest BCUT2D eigenvalue weighted by Crippen LogP contribution is -1.88. The number of nitrogens with zero attached hydrogens (tertiary/aromatic N) is 1. The lowest BCUT2D eigenvalue weighted by molar-refractivity contribution is 0.280. The predicted octanol–water partition coefficient (Wildman–Crippen LogP) is 1.37. The van der Waals surface area contributed by atoms with Gasteiger partial charge in [0.1, 0.15) is 0 Å². The molecule has 4 heteroatoms. The molecule has 0 aliphatic heterocycles. The first-order chi connectivity index (χ1) is 5.41. The molecule has 1 aromatic heterocycles. The average molecular weight is 164 g/mol. The molecular weight excluding hydrogens is 157 g/mol. The van der Waals surface area contributed by atoms with Crippen molar-refractivity contribution in [2.45, 2.75) is 6.56 Å². The Hall–Kier alpha value is -0.670. The third kappa shape index (κ3) is 1.43. The first-order valence-corrected chi connectivity index (χ1v) is 2.83. The van der Waals surface area contributed by atoms with E-state index in [1.54, 1.807) is 0 Å². The van der Waals surface area contributed by atoms with Gasteiger partial charge >= 0.3 is 0 Å². The van der Waals surface area contributed by atoms with Crippen molar-refractivity contribution in [3.63, 3.8) is 0 Å². The van der Waals surface area contributed by atoms with Crippen LogP contribution in [-0.2, 0) is 6.56 Å². The second-order valence-corrected chi connectivity index (χ2v) is 1.97. The monoisotopic (exact) mass is 163 g/mol. The highest BCUT2D eigenvalue weighted by atomic mass is 35.5. The smallest absolute Gasteiger partial charge is 0.164 e. The van der Waals surface area contributed by atoms with Crippen LogP contribution < -0.4 is 0 Å². The minimum Gasteiger partial charge on any atom is -0.392 e. The molecule has 0 aromatic carbocycles. The van der Waals surface area contributed by atoms with E-state index in [1.165, 1.54) is 0 Å². The number of hydrogen-bond acceptors (Lipinski definition) is 2. The number of hydrogen-bond donors (Lipinski definition) is 1. The summed E-state index contributed by atoms with van der Waals surface area (Å²) in [6.45, 7) is -2.58. The van der Waals surface area contributed by atoms with Gasteiger partial charge in [-0.15, -0.1) is 0 Å². The molecule has 1 heterocycles. The van der Waals surface area contributed by atoms with Gasteiger partial charge in [-0.25, -0.2) is 9.37 Å². The van der Waals surface area contributed by atoms with Crippen LogP contribution in [0.4, 0.5) is 4.39 Å². The summed E-state index contributed by atoms with van der Waals surface area (Å²) in [4.78, 5) is 3.34. The summed E-state index contributed by atoms with van der Waals surface area (Å²) >= 11 is 5.24. The summed E-state index contributed by atoms with van der Waals surface area (Å²) in [5.41, 5.74) is -0.260. The minimum atomic E-state index is -2.58. The van der Waals surface area contributed by atoms with E-state index in [9.17, 15) is 4.39 Å². The molecule has 0 aliphatic carbocycles. The van der Waals surface area contributed by atoms with Crippen LogP contribution in [-0.4, -0.2) is 10.1 Å². The van der Waals surface area contributed by atoms with Gasteiger partial charge in [-0.2, -0.15) is 0 Å². The maximum Gasteiger partial charge on any atom is 0.164 e. The summed E-state index contributed by atoms with van der Waals surface area (Å²) in [5, 5.41) is 8.44. The van der Waals surface area contributed by atoms with Crippen molar-refractivity contribution in [1.82, 2.24) is 4.98 Å². The molecule has 0 unspecified atom stereocenters. The highest BCUT2D eigenvalue weighted by Crippen LogP contribution is 2.11. The van der Waals surface area contributed by atoms with E-state index >= 15 is 0 Å². The standard InChI is InChI=1S/C6H5ClFNO/c7-6-5(8)1-4(3-10)2-9-6/h1-2,10H,3H2/i3D2. The first-order valence-electron chi connectivity index (χ1n) is 3.45. The van der Waals surface area contributed by atoms with Crippen LogP contribution in [0.2, 0.25) is 5.15 Å². The fraction of sp³-hybridized carbons (Fsp3) is 0.167. The zero-order valence-corrected chi connectivity index (χ0v) is 5.56. The molecule has 0 atom stereocenters. The molecule has 0 amide bonds. The maximum absolute atomic E-state index is 12.6. The van der Waals surface area contributed by atoms with Crippen LogP contribution in [0.1, 0.15) is 8.30 Å². The van der Waals surface area contributed by atoms with Crippen molar-refractivity contribution in [1.29, 1.82) is 0 Å². The van der Waals surface area contributed by atoms with Gasteiger partial charge in [-0.1, -0.05) is 11.6 Å². The lowest BCUT2D eigenvalue weighted by Gasteiger charge is -1.95. The molecule has 1 N–H and O–H groups in total. The van der Waals surface area contributed by atoms with Crippen molar-refractivity contribution in [3.05, 3.63) is 28.8 Å². The van der Waals surface area contributed by atoms with E-state index < -0.39 is 12.4 Å². The molecule has 0 radical (unpaired) electrons. The molecule has 54 valence electrons. The first kappa shape index (κ1) is 5.04. The molecule has 1 rings (SSSR count). The fourth-order valence-corrected chi connectivity index (χ4v) is 0.586. The molecule has 0 saturated heterocycles. The summed E-state index contributed by atoms with van der Waals surface area (Å²) in [7, 11) is 0. The zero-order valence-electron chi connectivity index (χ0n) is 6.81. The van der Waals surface area contributed by atoms with Crippen molar-refractivity contribution in [2.24, 2.45) is 0 Å². The average Bonchev–Trinajstić information content (AvgIpc) is 1.92. The summed E-state index contributed by atoms with van der Waals surface area (Å²) < 4.78 is 26.3. The molecule has 0 bridgehead atoms. The van der Waals surface area contributed by atoms with Crippen molar-refractivity contribution in [3.8, 4) is 0 Å². The molecule has 10 heavy (non-hydrogen) atoms. The second-order valence-electron chi connectivity index (χ2n) is 1.61. The van der Waals surface area contributed by atoms with E-state index in [4.69, 9.17) is 19.4 Å². The van der Waals surface area contributed by atoms with E-state index in [1.807, 2.05) is 0 Å². The number of halogens is 2. The molecule has 0 saturated carbocycles. The topological polar surface area (TPSA) is 33.1 Å². The number of aromatic nitrogens is 1. The third-order valence-electron chi connectivity index (χ3n) is 0.925. The zero-order chi connectivity index (χ0) is 9.35.